The average Bonchev–Trinajstić information content (AvgIpc) is 2.42. The maximum atomic E-state index is 9.10. The first-order valence-electron chi connectivity index (χ1n) is 7.04. The molecule has 0 heterocycles. The van der Waals surface area contributed by atoms with Crippen LogP contribution >= 0.6 is 0 Å². The van der Waals surface area contributed by atoms with Gasteiger partial charge in [-0.25, -0.2) is 0 Å². The normalized spacial score (nSPS) is 14.3. The van der Waals surface area contributed by atoms with E-state index < -0.39 is 0 Å². The highest BCUT2D eigenvalue weighted by Crippen LogP contribution is 2.03. The van der Waals surface area contributed by atoms with Gasteiger partial charge in [-0.05, 0) is 26.3 Å². The molecule has 0 aromatic rings. The molecule has 5 heteroatoms. The Morgan fingerprint density at radius 3 is 2.53 bits per heavy atom. The van der Waals surface area contributed by atoms with Crippen LogP contribution in [0.4, 0.5) is 0 Å². The van der Waals surface area contributed by atoms with Gasteiger partial charge in [0.05, 0.1) is 25.3 Å². The fourth-order valence-corrected chi connectivity index (χ4v) is 1.93. The summed E-state index contributed by atoms with van der Waals surface area (Å²) in [5.74, 6) is 0. The van der Waals surface area contributed by atoms with Gasteiger partial charge in [-0.2, -0.15) is 5.26 Å². The van der Waals surface area contributed by atoms with Gasteiger partial charge in [0.25, 0.3) is 0 Å². The van der Waals surface area contributed by atoms with Crippen LogP contribution in [0.2, 0.25) is 0 Å². The van der Waals surface area contributed by atoms with E-state index >= 15 is 0 Å². The van der Waals surface area contributed by atoms with Crippen molar-refractivity contribution in [2.24, 2.45) is 0 Å². The number of hydrogen-bond acceptors (Lipinski definition) is 5. The fourth-order valence-electron chi connectivity index (χ4n) is 1.93. The van der Waals surface area contributed by atoms with Crippen LogP contribution in [-0.4, -0.2) is 64.1 Å². The Hall–Kier alpha value is -0.670. The second-order valence-corrected chi connectivity index (χ2v) is 4.76. The number of methoxy groups -OCH3 is 2. The third-order valence-corrected chi connectivity index (χ3v) is 3.12. The molecule has 0 aliphatic carbocycles. The molecule has 2 atom stereocenters. The minimum Gasteiger partial charge on any atom is -0.383 e. The Labute approximate surface area is 117 Å². The predicted molar refractivity (Wildman–Crippen MR) is 77.1 cm³/mol. The Balaban J connectivity index is 4.18. The van der Waals surface area contributed by atoms with E-state index in [1.54, 1.807) is 14.2 Å². The van der Waals surface area contributed by atoms with Gasteiger partial charge in [0.2, 0.25) is 0 Å². The van der Waals surface area contributed by atoms with Crippen LogP contribution in [-0.2, 0) is 9.47 Å². The molecule has 0 aromatic carbocycles. The van der Waals surface area contributed by atoms with Crippen LogP contribution in [0.15, 0.2) is 0 Å². The van der Waals surface area contributed by atoms with E-state index in [1.165, 1.54) is 0 Å². The Morgan fingerprint density at radius 2 is 2.00 bits per heavy atom. The minimum atomic E-state index is -0.0697. The fraction of sp³-hybridized carbons (Fsp3) is 0.929. The van der Waals surface area contributed by atoms with Crippen molar-refractivity contribution >= 4 is 0 Å². The highest BCUT2D eigenvalue weighted by molar-refractivity contribution is 4.90. The summed E-state index contributed by atoms with van der Waals surface area (Å²) in [5, 5.41) is 12.4. The van der Waals surface area contributed by atoms with Crippen molar-refractivity contribution in [3.63, 3.8) is 0 Å². The highest BCUT2D eigenvalue weighted by Gasteiger charge is 2.15. The molecule has 0 fully saturated rings. The monoisotopic (exact) mass is 271 g/mol. The molecule has 0 aromatic heterocycles. The van der Waals surface area contributed by atoms with E-state index in [4.69, 9.17) is 14.7 Å². The molecule has 0 aliphatic heterocycles. The van der Waals surface area contributed by atoms with Gasteiger partial charge >= 0.3 is 0 Å². The van der Waals surface area contributed by atoms with Crippen LogP contribution < -0.4 is 5.32 Å². The average molecular weight is 271 g/mol. The summed E-state index contributed by atoms with van der Waals surface area (Å²) >= 11 is 0. The summed E-state index contributed by atoms with van der Waals surface area (Å²) in [6.07, 6.45) is 1.87. The molecule has 19 heavy (non-hydrogen) atoms. The van der Waals surface area contributed by atoms with Gasteiger partial charge < -0.3 is 14.8 Å². The summed E-state index contributed by atoms with van der Waals surface area (Å²) in [6.45, 7) is 8.28. The Kier molecular flexibility index (Phi) is 11.9. The number of rotatable bonds is 12. The highest BCUT2D eigenvalue weighted by atomic mass is 16.5. The van der Waals surface area contributed by atoms with E-state index in [9.17, 15) is 0 Å². The van der Waals surface area contributed by atoms with Gasteiger partial charge in [0, 0.05) is 33.4 Å². The summed E-state index contributed by atoms with van der Waals surface area (Å²) in [5.41, 5.74) is 0. The van der Waals surface area contributed by atoms with Gasteiger partial charge in [-0.15, -0.1) is 0 Å². The van der Waals surface area contributed by atoms with Crippen molar-refractivity contribution in [1.82, 2.24) is 10.2 Å². The van der Waals surface area contributed by atoms with Crippen LogP contribution in [0.1, 0.15) is 26.7 Å². The summed E-state index contributed by atoms with van der Waals surface area (Å²) in [4.78, 5) is 2.31. The molecule has 0 bridgehead atoms. The summed E-state index contributed by atoms with van der Waals surface area (Å²) in [6, 6.07) is 2.59. The first-order valence-corrected chi connectivity index (χ1v) is 7.04. The Morgan fingerprint density at radius 1 is 1.26 bits per heavy atom. The second-order valence-electron chi connectivity index (χ2n) is 4.76. The van der Waals surface area contributed by atoms with Crippen molar-refractivity contribution in [1.29, 1.82) is 5.26 Å². The van der Waals surface area contributed by atoms with E-state index in [0.29, 0.717) is 19.3 Å². The zero-order valence-corrected chi connectivity index (χ0v) is 12.8. The molecule has 0 radical (unpaired) electrons. The van der Waals surface area contributed by atoms with E-state index in [0.717, 1.165) is 32.5 Å². The van der Waals surface area contributed by atoms with E-state index in [1.807, 2.05) is 0 Å². The van der Waals surface area contributed by atoms with Crippen molar-refractivity contribution in [3.8, 4) is 6.07 Å². The van der Waals surface area contributed by atoms with Crippen molar-refractivity contribution in [2.45, 2.75) is 38.8 Å². The first-order chi connectivity index (χ1) is 9.19. The standard InChI is InChI=1S/C14H29N3O2/c1-5-7-16-14(11-15)6-8-17(9-10-18-3)13(2)12-19-4/h13-14,16H,5-10,12H2,1-4H3. The summed E-state index contributed by atoms with van der Waals surface area (Å²) < 4.78 is 10.3. The lowest BCUT2D eigenvalue weighted by Gasteiger charge is -2.29. The van der Waals surface area contributed by atoms with Gasteiger partial charge in [0.15, 0.2) is 0 Å². The van der Waals surface area contributed by atoms with E-state index in [2.05, 4.69) is 30.1 Å². The van der Waals surface area contributed by atoms with Crippen molar-refractivity contribution < 1.29 is 9.47 Å². The molecule has 0 saturated carbocycles. The Bertz CT molecular complexity index is 243. The maximum Gasteiger partial charge on any atom is 0.0965 e. The SMILES string of the molecule is CCCNC(C#N)CCN(CCOC)C(C)COC. The first kappa shape index (κ1) is 18.3. The molecule has 0 rings (SSSR count). The molecular weight excluding hydrogens is 242 g/mol. The largest absolute Gasteiger partial charge is 0.383 e. The van der Waals surface area contributed by atoms with E-state index in [-0.39, 0.29) is 6.04 Å². The maximum absolute atomic E-state index is 9.10. The number of nitrogens with zero attached hydrogens (tertiary/aromatic N) is 2. The number of hydrogen-bond donors (Lipinski definition) is 1. The molecule has 0 aliphatic rings. The van der Waals surface area contributed by atoms with Gasteiger partial charge in [0.1, 0.15) is 0 Å². The van der Waals surface area contributed by atoms with Crippen LogP contribution in [0.5, 0.6) is 0 Å². The molecule has 0 saturated heterocycles. The topological polar surface area (TPSA) is 57.5 Å². The number of nitrogens with one attached hydrogen (secondary N) is 1. The minimum absolute atomic E-state index is 0.0697. The summed E-state index contributed by atoms with van der Waals surface area (Å²) in [7, 11) is 3.42. The quantitative estimate of drug-likeness (QED) is 0.579. The molecule has 5 nitrogen and oxygen atoms in total. The molecule has 2 unspecified atom stereocenters. The lowest BCUT2D eigenvalue weighted by molar-refractivity contribution is 0.0734. The predicted octanol–water partition coefficient (Wildman–Crippen LogP) is 1.25. The molecule has 0 spiro atoms. The van der Waals surface area contributed by atoms with Gasteiger partial charge in [-0.3, -0.25) is 4.90 Å². The lowest BCUT2D eigenvalue weighted by atomic mass is 10.2. The lowest BCUT2D eigenvalue weighted by Crippen LogP contribution is -2.41. The molecule has 112 valence electrons. The van der Waals surface area contributed by atoms with Crippen LogP contribution in [0.25, 0.3) is 0 Å². The molecular formula is C14H29N3O2. The van der Waals surface area contributed by atoms with Crippen LogP contribution in [0.3, 0.4) is 0 Å². The van der Waals surface area contributed by atoms with Crippen LogP contribution in [0, 0.1) is 11.3 Å². The number of ether oxygens (including phenoxy) is 2. The third-order valence-electron chi connectivity index (χ3n) is 3.12. The molecule has 0 amide bonds. The number of nitriles is 1. The van der Waals surface area contributed by atoms with Crippen molar-refractivity contribution in [2.75, 3.05) is 47.1 Å². The van der Waals surface area contributed by atoms with Crippen molar-refractivity contribution in [3.05, 3.63) is 0 Å². The molecule has 1 N–H and O–H groups in total. The zero-order chi connectivity index (χ0) is 14.5. The zero-order valence-electron chi connectivity index (χ0n) is 12.8. The van der Waals surface area contributed by atoms with Gasteiger partial charge in [-0.1, -0.05) is 6.92 Å². The third kappa shape index (κ3) is 8.95. The second kappa shape index (κ2) is 12.4. The smallest absolute Gasteiger partial charge is 0.0965 e.